The second-order valence-electron chi connectivity index (χ2n) is 6.49. The summed E-state index contributed by atoms with van der Waals surface area (Å²) in [7, 11) is 0. The molecule has 1 aromatic heterocycles. The molecule has 0 atom stereocenters. The van der Waals surface area contributed by atoms with Crippen LogP contribution in [0.5, 0.6) is 5.75 Å². The molecule has 2 aromatic rings. The number of rotatable bonds is 9. The Morgan fingerprint density at radius 1 is 1.42 bits per heavy atom. The van der Waals surface area contributed by atoms with E-state index in [1.165, 1.54) is 11.8 Å². The zero-order chi connectivity index (χ0) is 18.5. The maximum absolute atomic E-state index is 11.9. The smallest absolute Gasteiger partial charge is 0.230 e. The molecular weight excluding hydrogens is 348 g/mol. The van der Waals surface area contributed by atoms with Gasteiger partial charge < -0.3 is 10.1 Å². The predicted molar refractivity (Wildman–Crippen MR) is 102 cm³/mol. The summed E-state index contributed by atoms with van der Waals surface area (Å²) < 4.78 is 7.88. The molecule has 1 amide bonds. The van der Waals surface area contributed by atoms with Crippen LogP contribution < -0.4 is 10.1 Å². The topological polar surface area (TPSA) is 69.0 Å². The minimum atomic E-state index is 0.0406. The van der Waals surface area contributed by atoms with Crippen molar-refractivity contribution in [1.29, 1.82) is 0 Å². The van der Waals surface area contributed by atoms with Gasteiger partial charge in [-0.3, -0.25) is 9.36 Å². The summed E-state index contributed by atoms with van der Waals surface area (Å²) in [6.07, 6.45) is 3.96. The van der Waals surface area contributed by atoms with E-state index >= 15 is 0 Å². The molecule has 1 aliphatic carbocycles. The summed E-state index contributed by atoms with van der Waals surface area (Å²) in [5.74, 6) is 1.94. The lowest BCUT2D eigenvalue weighted by molar-refractivity contribution is -0.118. The first kappa shape index (κ1) is 18.5. The number of carbonyl (C=O) groups excluding carboxylic acids is 1. The van der Waals surface area contributed by atoms with Gasteiger partial charge in [0, 0.05) is 12.6 Å². The summed E-state index contributed by atoms with van der Waals surface area (Å²) in [4.78, 5) is 11.9. The number of carbonyl (C=O) groups is 1. The zero-order valence-electron chi connectivity index (χ0n) is 15.2. The quantitative estimate of drug-likeness (QED) is 0.541. The van der Waals surface area contributed by atoms with Crippen LogP contribution in [-0.4, -0.2) is 32.5 Å². The molecule has 0 unspecified atom stereocenters. The number of ether oxygens (including phenoxy) is 1. The highest BCUT2D eigenvalue weighted by atomic mass is 32.2. The summed E-state index contributed by atoms with van der Waals surface area (Å²) >= 11 is 1.39. The second-order valence-corrected chi connectivity index (χ2v) is 7.43. The number of nitrogens with one attached hydrogen (secondary N) is 1. The van der Waals surface area contributed by atoms with Crippen molar-refractivity contribution in [3.63, 3.8) is 0 Å². The van der Waals surface area contributed by atoms with Crippen LogP contribution >= 0.6 is 11.8 Å². The predicted octanol–water partition coefficient (Wildman–Crippen LogP) is 3.03. The molecule has 1 N–H and O–H groups in total. The van der Waals surface area contributed by atoms with Gasteiger partial charge in [-0.05, 0) is 43.9 Å². The first-order valence-electron chi connectivity index (χ1n) is 8.72. The van der Waals surface area contributed by atoms with E-state index in [1.54, 1.807) is 6.08 Å². The third kappa shape index (κ3) is 4.88. The van der Waals surface area contributed by atoms with Crippen LogP contribution in [-0.2, 0) is 17.9 Å². The Morgan fingerprint density at radius 3 is 2.96 bits per heavy atom. The number of hydrogen-bond acceptors (Lipinski definition) is 5. The van der Waals surface area contributed by atoms with Crippen molar-refractivity contribution in [2.75, 3.05) is 5.75 Å². The normalized spacial score (nSPS) is 13.5. The molecule has 1 aromatic carbocycles. The van der Waals surface area contributed by atoms with Gasteiger partial charge in [0.1, 0.15) is 12.4 Å². The molecule has 0 aliphatic heterocycles. The average molecular weight is 372 g/mol. The number of aryl methyl sites for hydroxylation is 2. The van der Waals surface area contributed by atoms with Gasteiger partial charge in [-0.25, -0.2) is 0 Å². The van der Waals surface area contributed by atoms with E-state index in [2.05, 4.69) is 28.2 Å². The van der Waals surface area contributed by atoms with Crippen LogP contribution in [0.2, 0.25) is 0 Å². The lowest BCUT2D eigenvalue weighted by Crippen LogP contribution is -2.27. The van der Waals surface area contributed by atoms with Crippen LogP contribution in [0.3, 0.4) is 0 Å². The van der Waals surface area contributed by atoms with Gasteiger partial charge in [0.25, 0.3) is 0 Å². The van der Waals surface area contributed by atoms with Crippen LogP contribution in [0, 0.1) is 13.8 Å². The summed E-state index contributed by atoms with van der Waals surface area (Å²) in [6, 6.07) is 6.49. The number of nitrogens with zero attached hydrogens (tertiary/aromatic N) is 3. The zero-order valence-corrected chi connectivity index (χ0v) is 16.0. The van der Waals surface area contributed by atoms with Gasteiger partial charge in [0.15, 0.2) is 11.0 Å². The summed E-state index contributed by atoms with van der Waals surface area (Å²) in [6.45, 7) is 8.75. The highest BCUT2D eigenvalue weighted by Crippen LogP contribution is 2.23. The SMILES string of the molecule is C=CCn1c(COc2cc(C)ccc2C)nnc1SCC(=O)NC1CC1. The van der Waals surface area contributed by atoms with Crippen molar-refractivity contribution in [1.82, 2.24) is 20.1 Å². The Morgan fingerprint density at radius 2 is 2.23 bits per heavy atom. The first-order chi connectivity index (χ1) is 12.6. The van der Waals surface area contributed by atoms with Gasteiger partial charge in [-0.2, -0.15) is 0 Å². The molecule has 0 bridgehead atoms. The minimum Gasteiger partial charge on any atom is -0.485 e. The monoisotopic (exact) mass is 372 g/mol. The highest BCUT2D eigenvalue weighted by Gasteiger charge is 2.23. The van der Waals surface area contributed by atoms with Crippen LogP contribution in [0.1, 0.15) is 29.8 Å². The Kier molecular flexibility index (Phi) is 5.98. The molecule has 6 nitrogen and oxygen atoms in total. The molecule has 1 heterocycles. The standard InChI is InChI=1S/C19H24N4O2S/c1-4-9-23-17(11-25-16-10-13(2)5-6-14(16)3)21-22-19(23)26-12-18(24)20-15-7-8-15/h4-6,10,15H,1,7-9,11-12H2,2-3H3,(H,20,24). The van der Waals surface area contributed by atoms with E-state index < -0.39 is 0 Å². The van der Waals surface area contributed by atoms with E-state index in [1.807, 2.05) is 30.5 Å². The Bertz CT molecular complexity index is 799. The molecule has 3 rings (SSSR count). The van der Waals surface area contributed by atoms with E-state index in [0.29, 0.717) is 30.1 Å². The van der Waals surface area contributed by atoms with E-state index in [-0.39, 0.29) is 5.91 Å². The maximum Gasteiger partial charge on any atom is 0.230 e. The summed E-state index contributed by atoms with van der Waals surface area (Å²) in [5, 5.41) is 12.1. The van der Waals surface area contributed by atoms with Crippen molar-refractivity contribution >= 4 is 17.7 Å². The number of amides is 1. The van der Waals surface area contributed by atoms with Crippen LogP contribution in [0.4, 0.5) is 0 Å². The number of benzene rings is 1. The maximum atomic E-state index is 11.9. The van der Waals surface area contributed by atoms with Gasteiger partial charge in [-0.15, -0.1) is 16.8 Å². The number of aromatic nitrogens is 3. The van der Waals surface area contributed by atoms with E-state index in [9.17, 15) is 4.79 Å². The summed E-state index contributed by atoms with van der Waals surface area (Å²) in [5.41, 5.74) is 2.23. The van der Waals surface area contributed by atoms with E-state index in [4.69, 9.17) is 4.74 Å². The average Bonchev–Trinajstić information content (AvgIpc) is 3.35. The van der Waals surface area contributed by atoms with E-state index in [0.717, 1.165) is 35.5 Å². The molecule has 0 radical (unpaired) electrons. The fourth-order valence-corrected chi connectivity index (χ4v) is 3.26. The van der Waals surface area contributed by atoms with Gasteiger partial charge in [-0.1, -0.05) is 30.0 Å². The third-order valence-corrected chi connectivity index (χ3v) is 5.05. The molecular formula is C19H24N4O2S. The van der Waals surface area contributed by atoms with Crippen molar-refractivity contribution < 1.29 is 9.53 Å². The van der Waals surface area contributed by atoms with Crippen molar-refractivity contribution in [3.05, 3.63) is 47.8 Å². The molecule has 1 fully saturated rings. The third-order valence-electron chi connectivity index (χ3n) is 4.08. The molecule has 7 heteroatoms. The largest absolute Gasteiger partial charge is 0.485 e. The van der Waals surface area contributed by atoms with Gasteiger partial charge >= 0.3 is 0 Å². The highest BCUT2D eigenvalue weighted by molar-refractivity contribution is 7.99. The molecule has 1 aliphatic rings. The number of thioether (sulfide) groups is 1. The number of hydrogen-bond donors (Lipinski definition) is 1. The number of allylic oxidation sites excluding steroid dienone is 1. The second kappa shape index (κ2) is 8.40. The van der Waals surface area contributed by atoms with Crippen molar-refractivity contribution in [2.45, 2.75) is 51.0 Å². The van der Waals surface area contributed by atoms with Crippen LogP contribution in [0.25, 0.3) is 0 Å². The fraction of sp³-hybridized carbons (Fsp3) is 0.421. The minimum absolute atomic E-state index is 0.0406. The molecule has 1 saturated carbocycles. The van der Waals surface area contributed by atoms with Crippen molar-refractivity contribution in [2.24, 2.45) is 0 Å². The molecule has 26 heavy (non-hydrogen) atoms. The first-order valence-corrected chi connectivity index (χ1v) is 9.70. The Hall–Kier alpha value is -2.28. The van der Waals surface area contributed by atoms with Gasteiger partial charge in [0.2, 0.25) is 5.91 Å². The Balaban J connectivity index is 1.64. The fourth-order valence-electron chi connectivity index (χ4n) is 2.48. The molecule has 0 saturated heterocycles. The van der Waals surface area contributed by atoms with Gasteiger partial charge in [0.05, 0.1) is 5.75 Å². The Labute approximate surface area is 158 Å². The van der Waals surface area contributed by atoms with Crippen LogP contribution in [0.15, 0.2) is 36.0 Å². The lowest BCUT2D eigenvalue weighted by atomic mass is 10.1. The lowest BCUT2D eigenvalue weighted by Gasteiger charge is -2.11. The van der Waals surface area contributed by atoms with Crippen molar-refractivity contribution in [3.8, 4) is 5.75 Å². The molecule has 0 spiro atoms. The molecule has 138 valence electrons.